The zero-order chi connectivity index (χ0) is 25.8. The molecular formula is C27H16ClN3O. The molecule has 2 aromatic heterocycles. The smallest absolute Gasteiger partial charge is 0.167 e. The molecule has 0 bridgehead atoms. The van der Waals surface area contributed by atoms with Gasteiger partial charge < -0.3 is 4.42 Å². The Morgan fingerprint density at radius 1 is 0.688 bits per heavy atom. The van der Waals surface area contributed by atoms with Gasteiger partial charge in [-0.25, -0.2) is 15.0 Å². The second-order valence-corrected chi connectivity index (χ2v) is 7.53. The van der Waals surface area contributed by atoms with Gasteiger partial charge in [-0.15, -0.1) is 0 Å². The second kappa shape index (κ2) is 7.59. The summed E-state index contributed by atoms with van der Waals surface area (Å²) in [6.45, 7) is 0. The van der Waals surface area contributed by atoms with Crippen LogP contribution in [0.4, 0.5) is 0 Å². The summed E-state index contributed by atoms with van der Waals surface area (Å²) in [7, 11) is 0. The molecule has 0 N–H and O–H groups in total. The topological polar surface area (TPSA) is 51.8 Å². The monoisotopic (exact) mass is 438 g/mol. The molecule has 2 heterocycles. The van der Waals surface area contributed by atoms with E-state index >= 15 is 0 Å². The van der Waals surface area contributed by atoms with E-state index in [1.807, 2.05) is 54.6 Å². The lowest BCUT2D eigenvalue weighted by molar-refractivity contribution is 0.669. The van der Waals surface area contributed by atoms with Crippen LogP contribution in [0.3, 0.4) is 0 Å². The first kappa shape index (κ1) is 14.1. The average molecular weight is 439 g/mol. The Balaban J connectivity index is 1.67. The van der Waals surface area contributed by atoms with Crippen molar-refractivity contribution < 1.29 is 11.3 Å². The van der Waals surface area contributed by atoms with Crippen LogP contribution >= 0.6 is 11.6 Å². The molecule has 0 amide bonds. The highest BCUT2D eigenvalue weighted by Crippen LogP contribution is 2.36. The molecule has 0 atom stereocenters. The van der Waals surface area contributed by atoms with Gasteiger partial charge in [0.1, 0.15) is 11.2 Å². The van der Waals surface area contributed by atoms with Crippen molar-refractivity contribution in [1.82, 2.24) is 15.0 Å². The number of halogens is 1. The molecular weight excluding hydrogens is 418 g/mol. The van der Waals surface area contributed by atoms with Crippen LogP contribution < -0.4 is 0 Å². The molecule has 152 valence electrons. The minimum absolute atomic E-state index is 0.0305. The van der Waals surface area contributed by atoms with Gasteiger partial charge in [0.05, 0.1) is 12.4 Å². The van der Waals surface area contributed by atoms with Crippen LogP contribution in [0.1, 0.15) is 6.85 Å². The van der Waals surface area contributed by atoms with Gasteiger partial charge in [-0.2, -0.15) is 0 Å². The van der Waals surface area contributed by atoms with Gasteiger partial charge in [0.25, 0.3) is 0 Å². The molecule has 0 saturated heterocycles. The van der Waals surface area contributed by atoms with Crippen LogP contribution in [0.15, 0.2) is 101 Å². The first-order chi connectivity index (χ1) is 17.8. The lowest BCUT2D eigenvalue weighted by Crippen LogP contribution is -2.00. The third-order valence-corrected chi connectivity index (χ3v) is 5.33. The van der Waals surface area contributed by atoms with Gasteiger partial charge in [0.2, 0.25) is 0 Å². The average Bonchev–Trinajstić information content (AvgIpc) is 3.29. The van der Waals surface area contributed by atoms with Crippen LogP contribution in [0, 0.1) is 0 Å². The molecule has 6 rings (SSSR count). The summed E-state index contributed by atoms with van der Waals surface area (Å²) in [4.78, 5) is 13.8. The maximum absolute atomic E-state index is 8.44. The molecule has 5 heteroatoms. The summed E-state index contributed by atoms with van der Waals surface area (Å²) in [6.07, 6.45) is 0. The third kappa shape index (κ3) is 3.22. The predicted octanol–water partition coefficient (Wildman–Crippen LogP) is 7.43. The maximum atomic E-state index is 8.44. The molecule has 4 aromatic carbocycles. The Kier molecular flexibility index (Phi) is 3.35. The molecule has 0 saturated carbocycles. The van der Waals surface area contributed by atoms with Gasteiger partial charge in [-0.05, 0) is 18.2 Å². The van der Waals surface area contributed by atoms with E-state index in [4.69, 9.17) is 27.9 Å². The first-order valence-electron chi connectivity index (χ1n) is 12.3. The molecule has 6 aromatic rings. The number of para-hydroxylation sites is 1. The van der Waals surface area contributed by atoms with E-state index in [9.17, 15) is 0 Å². The van der Waals surface area contributed by atoms with E-state index in [0.29, 0.717) is 33.1 Å². The first-order valence-corrected chi connectivity index (χ1v) is 10.2. The van der Waals surface area contributed by atoms with Gasteiger partial charge in [-0.1, -0.05) is 84.3 Å². The lowest BCUT2D eigenvalue weighted by Gasteiger charge is -2.08. The Bertz CT molecular complexity index is 1830. The second-order valence-electron chi connectivity index (χ2n) is 7.10. The zero-order valence-corrected chi connectivity index (χ0v) is 17.2. The van der Waals surface area contributed by atoms with E-state index in [-0.39, 0.29) is 17.2 Å². The molecule has 0 aliphatic rings. The summed E-state index contributed by atoms with van der Waals surface area (Å²) in [5, 5.41) is 2.27. The molecule has 32 heavy (non-hydrogen) atoms. The number of hydrogen-bond acceptors (Lipinski definition) is 4. The number of furan rings is 1. The highest BCUT2D eigenvalue weighted by molar-refractivity contribution is 6.31. The van der Waals surface area contributed by atoms with Crippen molar-refractivity contribution in [2.45, 2.75) is 0 Å². The van der Waals surface area contributed by atoms with E-state index in [2.05, 4.69) is 9.97 Å². The Labute approximate surface area is 196 Å². The van der Waals surface area contributed by atoms with Crippen LogP contribution in [-0.4, -0.2) is 15.0 Å². The van der Waals surface area contributed by atoms with Gasteiger partial charge in [0, 0.05) is 33.0 Å². The van der Waals surface area contributed by atoms with Crippen LogP contribution in [0.5, 0.6) is 0 Å². The van der Waals surface area contributed by atoms with E-state index in [1.165, 1.54) is 0 Å². The van der Waals surface area contributed by atoms with Crippen LogP contribution in [0.2, 0.25) is 5.02 Å². The molecule has 0 aliphatic heterocycles. The summed E-state index contributed by atoms with van der Waals surface area (Å²) in [5.41, 5.74) is 2.30. The standard InChI is InChI=1S/C27H16ClN3O/c28-19-14-15-20-21-12-7-13-22(24(21)32-23(20)16-19)27-30-25(17-8-3-1-4-9-17)29-26(31-27)18-10-5-2-6-11-18/h1-16H/i1D,3D,4D,8D,9D. The summed E-state index contributed by atoms with van der Waals surface area (Å²) >= 11 is 6.17. The number of rotatable bonds is 3. The van der Waals surface area contributed by atoms with Gasteiger partial charge in [0.15, 0.2) is 17.5 Å². The SMILES string of the molecule is [2H]c1c([2H])c([2H])c(-c2nc(-c3ccccc3)nc(-c3cccc4c3oc3cc(Cl)ccc34)n2)c([2H])c1[2H]. The number of fused-ring (bicyclic) bond motifs is 3. The number of hydrogen-bond donors (Lipinski definition) is 0. The lowest BCUT2D eigenvalue weighted by atomic mass is 10.1. The molecule has 0 radical (unpaired) electrons. The van der Waals surface area contributed by atoms with Crippen molar-refractivity contribution in [1.29, 1.82) is 0 Å². The van der Waals surface area contributed by atoms with Gasteiger partial charge >= 0.3 is 0 Å². The summed E-state index contributed by atoms with van der Waals surface area (Å²) < 4.78 is 47.2. The fourth-order valence-electron chi connectivity index (χ4n) is 3.63. The fraction of sp³-hybridized carbons (Fsp3) is 0. The van der Waals surface area contributed by atoms with Crippen molar-refractivity contribution in [2.24, 2.45) is 0 Å². The number of aromatic nitrogens is 3. The van der Waals surface area contributed by atoms with Gasteiger partial charge in [-0.3, -0.25) is 0 Å². The molecule has 0 fully saturated rings. The minimum atomic E-state index is -0.484. The van der Waals surface area contributed by atoms with E-state index in [0.717, 1.165) is 10.8 Å². The fourth-order valence-corrected chi connectivity index (χ4v) is 3.80. The normalized spacial score (nSPS) is 13.5. The molecule has 0 aliphatic carbocycles. The van der Waals surface area contributed by atoms with Crippen molar-refractivity contribution >= 4 is 33.5 Å². The maximum Gasteiger partial charge on any atom is 0.167 e. The number of benzene rings is 4. The highest BCUT2D eigenvalue weighted by atomic mass is 35.5. The molecule has 4 nitrogen and oxygen atoms in total. The Morgan fingerprint density at radius 3 is 2.25 bits per heavy atom. The summed E-state index contributed by atoms with van der Waals surface area (Å²) in [5.74, 6) is 0.506. The summed E-state index contributed by atoms with van der Waals surface area (Å²) in [6, 6.07) is 18.0. The third-order valence-electron chi connectivity index (χ3n) is 5.09. The van der Waals surface area contributed by atoms with Crippen molar-refractivity contribution in [2.75, 3.05) is 0 Å². The minimum Gasteiger partial charge on any atom is -0.455 e. The Morgan fingerprint density at radius 2 is 1.44 bits per heavy atom. The highest BCUT2D eigenvalue weighted by Gasteiger charge is 2.17. The zero-order valence-electron chi connectivity index (χ0n) is 21.5. The number of nitrogens with zero attached hydrogens (tertiary/aromatic N) is 3. The molecule has 0 spiro atoms. The van der Waals surface area contributed by atoms with Crippen molar-refractivity contribution in [3.05, 3.63) is 102 Å². The largest absolute Gasteiger partial charge is 0.455 e. The Hall–Kier alpha value is -4.02. The van der Waals surface area contributed by atoms with Crippen LogP contribution in [0.25, 0.3) is 56.1 Å². The predicted molar refractivity (Wildman–Crippen MR) is 128 cm³/mol. The van der Waals surface area contributed by atoms with Crippen LogP contribution in [-0.2, 0) is 0 Å². The van der Waals surface area contributed by atoms with E-state index < -0.39 is 30.2 Å². The quantitative estimate of drug-likeness (QED) is 0.288. The van der Waals surface area contributed by atoms with Crippen molar-refractivity contribution in [3.8, 4) is 34.2 Å². The molecule has 0 unspecified atom stereocenters. The van der Waals surface area contributed by atoms with E-state index in [1.54, 1.807) is 12.1 Å². The van der Waals surface area contributed by atoms with Crippen molar-refractivity contribution in [3.63, 3.8) is 0 Å².